The number of hydrogen-bond donors (Lipinski definition) is 3. The smallest absolute Gasteiger partial charge is 0.412 e. The van der Waals surface area contributed by atoms with Gasteiger partial charge in [0.1, 0.15) is 5.60 Å². The van der Waals surface area contributed by atoms with Crippen molar-refractivity contribution in [1.82, 2.24) is 0 Å². The normalized spacial score (nSPS) is 11.0. The van der Waals surface area contributed by atoms with Crippen molar-refractivity contribution in [3.8, 4) is 11.1 Å². The predicted molar refractivity (Wildman–Crippen MR) is 90.6 cm³/mol. The maximum atomic E-state index is 11.8. The highest BCUT2D eigenvalue weighted by Gasteiger charge is 2.16. The maximum Gasteiger partial charge on any atom is 0.412 e. The molecule has 2 aromatic carbocycles. The predicted octanol–water partition coefficient (Wildman–Crippen LogP) is 3.87. The number of nitrogens with one attached hydrogen (secondary N) is 1. The number of carbonyl (C=O) groups excluding carboxylic acids is 1. The Bertz CT molecular complexity index is 673. The van der Waals surface area contributed by atoms with E-state index in [-0.39, 0.29) is 0 Å². The van der Waals surface area contributed by atoms with Gasteiger partial charge < -0.3 is 16.2 Å². The zero-order valence-electron chi connectivity index (χ0n) is 13.0. The molecule has 2 aromatic rings. The van der Waals surface area contributed by atoms with Gasteiger partial charge in [-0.3, -0.25) is 5.32 Å². The van der Waals surface area contributed by atoms with Crippen LogP contribution in [0.3, 0.4) is 0 Å². The first-order valence-electron chi connectivity index (χ1n) is 7.00. The van der Waals surface area contributed by atoms with Crippen LogP contribution in [0.15, 0.2) is 42.5 Å². The fourth-order valence-electron chi connectivity index (χ4n) is 1.97. The summed E-state index contributed by atoms with van der Waals surface area (Å²) in [5.74, 6) is 0. The first-order chi connectivity index (χ1) is 10.2. The molecule has 0 spiro atoms. The molecule has 0 bridgehead atoms. The lowest BCUT2D eigenvalue weighted by Crippen LogP contribution is -2.27. The van der Waals surface area contributed by atoms with Crippen molar-refractivity contribution in [2.24, 2.45) is 0 Å². The van der Waals surface area contributed by atoms with Crippen molar-refractivity contribution in [2.45, 2.75) is 26.4 Å². The van der Waals surface area contributed by atoms with Crippen molar-refractivity contribution in [2.75, 3.05) is 16.8 Å². The van der Waals surface area contributed by atoms with Gasteiger partial charge in [-0.05, 0) is 56.7 Å². The molecule has 1 amide bonds. The number of hydrogen-bond acceptors (Lipinski definition) is 4. The highest BCUT2D eigenvalue weighted by atomic mass is 16.6. The molecule has 5 nitrogen and oxygen atoms in total. The molecular formula is C17H21N3O2. The van der Waals surface area contributed by atoms with Gasteiger partial charge in [0.15, 0.2) is 0 Å². The van der Waals surface area contributed by atoms with Gasteiger partial charge in [0.05, 0.1) is 0 Å². The molecule has 0 atom stereocenters. The Balaban J connectivity index is 2.23. The quantitative estimate of drug-likeness (QED) is 0.734. The molecule has 0 aliphatic rings. The minimum Gasteiger partial charge on any atom is -0.444 e. The molecule has 2 rings (SSSR count). The third kappa shape index (κ3) is 4.15. The second-order valence-electron chi connectivity index (χ2n) is 6.05. The van der Waals surface area contributed by atoms with Gasteiger partial charge in [0, 0.05) is 22.6 Å². The zero-order valence-corrected chi connectivity index (χ0v) is 13.0. The van der Waals surface area contributed by atoms with E-state index >= 15 is 0 Å². The SMILES string of the molecule is CC(C)(C)OC(=O)Nc1ccc(N)c(-c2ccc(N)cc2)c1. The van der Waals surface area contributed by atoms with E-state index in [0.29, 0.717) is 17.1 Å². The molecule has 0 aliphatic heterocycles. The number of anilines is 3. The molecule has 0 unspecified atom stereocenters. The molecule has 22 heavy (non-hydrogen) atoms. The maximum absolute atomic E-state index is 11.8. The molecular weight excluding hydrogens is 278 g/mol. The number of rotatable bonds is 2. The van der Waals surface area contributed by atoms with E-state index in [1.807, 2.05) is 51.1 Å². The number of nitrogens with two attached hydrogens (primary N) is 2. The highest BCUT2D eigenvalue weighted by molar-refractivity contribution is 5.88. The molecule has 0 heterocycles. The van der Waals surface area contributed by atoms with Crippen LogP contribution in [-0.4, -0.2) is 11.7 Å². The van der Waals surface area contributed by atoms with Crippen LogP contribution in [0.5, 0.6) is 0 Å². The fourth-order valence-corrected chi connectivity index (χ4v) is 1.97. The van der Waals surface area contributed by atoms with Crippen LogP contribution in [0.1, 0.15) is 20.8 Å². The molecule has 0 aliphatic carbocycles. The van der Waals surface area contributed by atoms with E-state index in [1.54, 1.807) is 12.1 Å². The number of carbonyl (C=O) groups is 1. The molecule has 0 fully saturated rings. The van der Waals surface area contributed by atoms with E-state index in [1.165, 1.54) is 0 Å². The summed E-state index contributed by atoms with van der Waals surface area (Å²) < 4.78 is 5.24. The summed E-state index contributed by atoms with van der Waals surface area (Å²) in [4.78, 5) is 11.8. The molecule has 5 heteroatoms. The Morgan fingerprint density at radius 2 is 1.68 bits per heavy atom. The van der Waals surface area contributed by atoms with Crippen molar-refractivity contribution in [1.29, 1.82) is 0 Å². The average Bonchev–Trinajstić information content (AvgIpc) is 2.40. The van der Waals surface area contributed by atoms with Crippen molar-refractivity contribution in [3.05, 3.63) is 42.5 Å². The van der Waals surface area contributed by atoms with Gasteiger partial charge in [0.25, 0.3) is 0 Å². The monoisotopic (exact) mass is 299 g/mol. The van der Waals surface area contributed by atoms with Crippen LogP contribution < -0.4 is 16.8 Å². The molecule has 5 N–H and O–H groups in total. The van der Waals surface area contributed by atoms with E-state index in [0.717, 1.165) is 11.1 Å². The first-order valence-corrected chi connectivity index (χ1v) is 7.00. The molecule has 116 valence electrons. The lowest BCUT2D eigenvalue weighted by Gasteiger charge is -2.20. The minimum atomic E-state index is -0.544. The highest BCUT2D eigenvalue weighted by Crippen LogP contribution is 2.29. The third-order valence-corrected chi connectivity index (χ3v) is 2.92. The Kier molecular flexibility index (Phi) is 4.26. The van der Waals surface area contributed by atoms with Crippen LogP contribution >= 0.6 is 0 Å². The Morgan fingerprint density at radius 1 is 1.05 bits per heavy atom. The standard InChI is InChI=1S/C17H21N3O2/c1-17(2,3)22-16(21)20-13-8-9-15(19)14(10-13)11-4-6-12(18)7-5-11/h4-10H,18-19H2,1-3H3,(H,20,21). The summed E-state index contributed by atoms with van der Waals surface area (Å²) in [6, 6.07) is 12.7. The van der Waals surface area contributed by atoms with Crippen molar-refractivity contribution < 1.29 is 9.53 Å². The largest absolute Gasteiger partial charge is 0.444 e. The van der Waals surface area contributed by atoms with E-state index in [9.17, 15) is 4.79 Å². The zero-order chi connectivity index (χ0) is 16.3. The van der Waals surface area contributed by atoms with Crippen molar-refractivity contribution >= 4 is 23.2 Å². The van der Waals surface area contributed by atoms with Crippen LogP contribution in [0, 0.1) is 0 Å². The van der Waals surface area contributed by atoms with E-state index < -0.39 is 11.7 Å². The van der Waals surface area contributed by atoms with E-state index in [2.05, 4.69) is 5.32 Å². The van der Waals surface area contributed by atoms with Gasteiger partial charge in [-0.1, -0.05) is 12.1 Å². The van der Waals surface area contributed by atoms with Crippen molar-refractivity contribution in [3.63, 3.8) is 0 Å². The Hall–Kier alpha value is -2.69. The summed E-state index contributed by atoms with van der Waals surface area (Å²) in [6.07, 6.45) is -0.500. The molecule has 0 aromatic heterocycles. The van der Waals surface area contributed by atoms with Crippen LogP contribution in [0.4, 0.5) is 21.9 Å². The number of benzene rings is 2. The number of amides is 1. The van der Waals surface area contributed by atoms with Crippen LogP contribution in [0.25, 0.3) is 11.1 Å². The lowest BCUT2D eigenvalue weighted by atomic mass is 10.0. The molecule has 0 saturated carbocycles. The summed E-state index contributed by atoms with van der Waals surface area (Å²) in [6.45, 7) is 5.44. The summed E-state index contributed by atoms with van der Waals surface area (Å²) in [5, 5.41) is 2.71. The molecule has 0 saturated heterocycles. The topological polar surface area (TPSA) is 90.4 Å². The average molecular weight is 299 g/mol. The fraction of sp³-hybridized carbons (Fsp3) is 0.235. The van der Waals surface area contributed by atoms with Gasteiger partial charge in [-0.2, -0.15) is 0 Å². The third-order valence-electron chi connectivity index (χ3n) is 2.92. The number of nitrogen functional groups attached to an aromatic ring is 2. The summed E-state index contributed by atoms with van der Waals surface area (Å²) in [7, 11) is 0. The van der Waals surface area contributed by atoms with Crippen LogP contribution in [-0.2, 0) is 4.74 Å². The second kappa shape index (κ2) is 5.97. The summed E-state index contributed by atoms with van der Waals surface area (Å²) >= 11 is 0. The molecule has 0 radical (unpaired) electrons. The minimum absolute atomic E-state index is 0.500. The van der Waals surface area contributed by atoms with E-state index in [4.69, 9.17) is 16.2 Å². The number of ether oxygens (including phenoxy) is 1. The van der Waals surface area contributed by atoms with Gasteiger partial charge in [-0.15, -0.1) is 0 Å². The Morgan fingerprint density at radius 3 is 2.27 bits per heavy atom. The first kappa shape index (κ1) is 15.7. The van der Waals surface area contributed by atoms with Gasteiger partial charge >= 0.3 is 6.09 Å². The lowest BCUT2D eigenvalue weighted by molar-refractivity contribution is 0.0636. The second-order valence-corrected chi connectivity index (χ2v) is 6.05. The van der Waals surface area contributed by atoms with Crippen LogP contribution in [0.2, 0.25) is 0 Å². The van der Waals surface area contributed by atoms with Gasteiger partial charge in [-0.25, -0.2) is 4.79 Å². The summed E-state index contributed by atoms with van der Waals surface area (Å²) in [5.41, 5.74) is 14.9. The van der Waals surface area contributed by atoms with Gasteiger partial charge in [0.2, 0.25) is 0 Å². The Labute approximate surface area is 130 Å².